The fourth-order valence-corrected chi connectivity index (χ4v) is 1.51. The third kappa shape index (κ3) is 5.81. The number of hydrogen-bond acceptors (Lipinski definition) is 5. The lowest BCUT2D eigenvalue weighted by Crippen LogP contribution is -2.10. The molecule has 5 nitrogen and oxygen atoms in total. The zero-order chi connectivity index (χ0) is 14.1. The summed E-state index contributed by atoms with van der Waals surface area (Å²) < 4.78 is 15.9. The maximum atomic E-state index is 5.88. The summed E-state index contributed by atoms with van der Waals surface area (Å²) in [6.45, 7) is 2.50. The average molecular weight is 268 g/mol. The van der Waals surface area contributed by atoms with Crippen molar-refractivity contribution in [1.29, 1.82) is 0 Å². The number of rotatable bonds is 9. The molecule has 1 aromatic rings. The van der Waals surface area contributed by atoms with Gasteiger partial charge in [-0.15, -0.1) is 0 Å². The molecule has 108 valence electrons. The van der Waals surface area contributed by atoms with Crippen LogP contribution in [0.15, 0.2) is 18.2 Å². The molecule has 0 atom stereocenters. The summed E-state index contributed by atoms with van der Waals surface area (Å²) in [5.41, 5.74) is 7.61. The largest absolute Gasteiger partial charge is 0.491 e. The Morgan fingerprint density at radius 1 is 1.11 bits per heavy atom. The van der Waals surface area contributed by atoms with Gasteiger partial charge in [0.25, 0.3) is 0 Å². The molecule has 0 spiro atoms. The second-order valence-electron chi connectivity index (χ2n) is 4.42. The summed E-state index contributed by atoms with van der Waals surface area (Å²) in [5, 5.41) is 0. The molecule has 0 fully saturated rings. The second-order valence-corrected chi connectivity index (χ2v) is 4.42. The van der Waals surface area contributed by atoms with Crippen LogP contribution in [0.25, 0.3) is 0 Å². The lowest BCUT2D eigenvalue weighted by Gasteiger charge is -2.15. The van der Waals surface area contributed by atoms with Crippen molar-refractivity contribution in [2.24, 2.45) is 0 Å². The molecule has 0 aliphatic heterocycles. The Bertz CT molecular complexity index is 370. The molecule has 0 saturated heterocycles. The van der Waals surface area contributed by atoms with Gasteiger partial charge in [-0.05, 0) is 12.1 Å². The molecule has 2 N–H and O–H groups in total. The van der Waals surface area contributed by atoms with Crippen molar-refractivity contribution in [3.63, 3.8) is 0 Å². The van der Waals surface area contributed by atoms with Crippen molar-refractivity contribution >= 4 is 11.4 Å². The number of benzene rings is 1. The quantitative estimate of drug-likeness (QED) is 0.546. The average Bonchev–Trinajstić information content (AvgIpc) is 2.39. The molecule has 19 heavy (non-hydrogen) atoms. The predicted octanol–water partition coefficient (Wildman–Crippen LogP) is 1.77. The van der Waals surface area contributed by atoms with Gasteiger partial charge in [-0.25, -0.2) is 0 Å². The smallest absolute Gasteiger partial charge is 0.144 e. The van der Waals surface area contributed by atoms with E-state index in [-0.39, 0.29) is 0 Å². The van der Waals surface area contributed by atoms with E-state index in [4.69, 9.17) is 19.9 Å². The Labute approximate surface area is 115 Å². The molecule has 0 heterocycles. The van der Waals surface area contributed by atoms with Crippen molar-refractivity contribution in [3.8, 4) is 5.75 Å². The maximum Gasteiger partial charge on any atom is 0.144 e. The van der Waals surface area contributed by atoms with E-state index in [9.17, 15) is 0 Å². The van der Waals surface area contributed by atoms with Crippen LogP contribution in [0.1, 0.15) is 6.42 Å². The summed E-state index contributed by atoms with van der Waals surface area (Å²) >= 11 is 0. The van der Waals surface area contributed by atoms with Gasteiger partial charge in [0, 0.05) is 46.0 Å². The van der Waals surface area contributed by atoms with Crippen molar-refractivity contribution in [2.75, 3.05) is 58.3 Å². The summed E-state index contributed by atoms with van der Waals surface area (Å²) in [7, 11) is 5.63. The minimum Gasteiger partial charge on any atom is -0.491 e. The Morgan fingerprint density at radius 2 is 1.89 bits per heavy atom. The van der Waals surface area contributed by atoms with Gasteiger partial charge in [-0.1, -0.05) is 0 Å². The second kappa shape index (κ2) is 8.61. The molecular formula is C14H24N2O3. The summed E-state index contributed by atoms with van der Waals surface area (Å²) in [4.78, 5) is 2.01. The monoisotopic (exact) mass is 268 g/mol. The summed E-state index contributed by atoms with van der Waals surface area (Å²) in [6, 6.07) is 5.77. The maximum absolute atomic E-state index is 5.88. The van der Waals surface area contributed by atoms with E-state index >= 15 is 0 Å². The van der Waals surface area contributed by atoms with E-state index in [0.717, 1.165) is 17.9 Å². The van der Waals surface area contributed by atoms with E-state index in [1.807, 2.05) is 37.2 Å². The molecule has 0 aromatic heterocycles. The molecular weight excluding hydrogens is 244 g/mol. The van der Waals surface area contributed by atoms with Crippen LogP contribution in [0.4, 0.5) is 11.4 Å². The molecule has 0 unspecified atom stereocenters. The molecule has 0 bridgehead atoms. The van der Waals surface area contributed by atoms with Crippen molar-refractivity contribution in [2.45, 2.75) is 6.42 Å². The molecule has 0 amide bonds. The van der Waals surface area contributed by atoms with E-state index in [1.54, 1.807) is 7.11 Å². The SMILES string of the molecule is COCCOCCCOc1cc(N(C)C)ccc1N. The van der Waals surface area contributed by atoms with Crippen molar-refractivity contribution < 1.29 is 14.2 Å². The van der Waals surface area contributed by atoms with E-state index in [2.05, 4.69) is 0 Å². The van der Waals surface area contributed by atoms with Gasteiger partial charge in [0.1, 0.15) is 5.75 Å². The van der Waals surface area contributed by atoms with Gasteiger partial charge in [0.05, 0.1) is 25.5 Å². The van der Waals surface area contributed by atoms with Gasteiger partial charge < -0.3 is 24.8 Å². The predicted molar refractivity (Wildman–Crippen MR) is 78.0 cm³/mol. The minimum absolute atomic E-state index is 0.591. The molecule has 0 saturated carbocycles. The summed E-state index contributed by atoms with van der Waals surface area (Å²) in [6.07, 6.45) is 0.829. The van der Waals surface area contributed by atoms with Crippen molar-refractivity contribution in [1.82, 2.24) is 0 Å². The normalized spacial score (nSPS) is 10.5. The van der Waals surface area contributed by atoms with Crippen LogP contribution >= 0.6 is 0 Å². The first-order valence-corrected chi connectivity index (χ1v) is 6.41. The number of nitrogens with two attached hydrogens (primary N) is 1. The van der Waals surface area contributed by atoms with Crippen LogP contribution < -0.4 is 15.4 Å². The van der Waals surface area contributed by atoms with Gasteiger partial charge in [-0.2, -0.15) is 0 Å². The van der Waals surface area contributed by atoms with E-state index in [0.29, 0.717) is 32.1 Å². The lowest BCUT2D eigenvalue weighted by atomic mass is 10.2. The molecule has 1 rings (SSSR count). The van der Waals surface area contributed by atoms with Gasteiger partial charge in [0.15, 0.2) is 0 Å². The molecule has 5 heteroatoms. The highest BCUT2D eigenvalue weighted by Gasteiger charge is 2.03. The van der Waals surface area contributed by atoms with Crippen molar-refractivity contribution in [3.05, 3.63) is 18.2 Å². The number of anilines is 2. The van der Waals surface area contributed by atoms with Gasteiger partial charge in [0.2, 0.25) is 0 Å². The number of nitrogens with zero attached hydrogens (tertiary/aromatic N) is 1. The first-order valence-electron chi connectivity index (χ1n) is 6.41. The number of ether oxygens (including phenoxy) is 3. The van der Waals surface area contributed by atoms with Gasteiger partial charge in [-0.3, -0.25) is 0 Å². The molecule has 0 aliphatic rings. The standard InChI is InChI=1S/C14H24N2O3/c1-16(2)12-5-6-13(15)14(11-12)19-8-4-7-18-10-9-17-3/h5-6,11H,4,7-10,15H2,1-3H3. The van der Waals surface area contributed by atoms with Crippen LogP contribution in [-0.2, 0) is 9.47 Å². The highest BCUT2D eigenvalue weighted by molar-refractivity contribution is 5.61. The Balaban J connectivity index is 2.30. The zero-order valence-electron chi connectivity index (χ0n) is 12.0. The molecule has 1 aromatic carbocycles. The number of nitrogen functional groups attached to an aromatic ring is 1. The Kier molecular flexibility index (Phi) is 7.07. The van der Waals surface area contributed by atoms with Crippen LogP contribution in [0.5, 0.6) is 5.75 Å². The summed E-state index contributed by atoms with van der Waals surface area (Å²) in [5.74, 6) is 0.725. The fraction of sp³-hybridized carbons (Fsp3) is 0.571. The number of hydrogen-bond donors (Lipinski definition) is 1. The zero-order valence-corrected chi connectivity index (χ0v) is 12.0. The number of methoxy groups -OCH3 is 1. The van der Waals surface area contributed by atoms with E-state index in [1.165, 1.54) is 0 Å². The first-order chi connectivity index (χ1) is 9.15. The van der Waals surface area contributed by atoms with Crippen LogP contribution in [0.2, 0.25) is 0 Å². The van der Waals surface area contributed by atoms with Crippen LogP contribution in [0.3, 0.4) is 0 Å². The topological polar surface area (TPSA) is 57.0 Å². The van der Waals surface area contributed by atoms with E-state index < -0.39 is 0 Å². The van der Waals surface area contributed by atoms with Gasteiger partial charge >= 0.3 is 0 Å². The third-order valence-corrected chi connectivity index (χ3v) is 2.64. The highest BCUT2D eigenvalue weighted by Crippen LogP contribution is 2.26. The molecule has 0 aliphatic carbocycles. The lowest BCUT2D eigenvalue weighted by molar-refractivity contribution is 0.0645. The van der Waals surface area contributed by atoms with Crippen LogP contribution in [-0.4, -0.2) is 47.6 Å². The third-order valence-electron chi connectivity index (χ3n) is 2.64. The Morgan fingerprint density at radius 3 is 2.58 bits per heavy atom. The fourth-order valence-electron chi connectivity index (χ4n) is 1.51. The van der Waals surface area contributed by atoms with Crippen LogP contribution in [0, 0.1) is 0 Å². The molecule has 0 radical (unpaired) electrons. The minimum atomic E-state index is 0.591. The highest BCUT2D eigenvalue weighted by atomic mass is 16.5. The first kappa shape index (κ1) is 15.6. The Hall–Kier alpha value is -1.46.